The van der Waals surface area contributed by atoms with Crippen LogP contribution < -0.4 is 9.64 Å². The van der Waals surface area contributed by atoms with Crippen molar-refractivity contribution in [3.05, 3.63) is 28.1 Å². The summed E-state index contributed by atoms with van der Waals surface area (Å²) < 4.78 is 18.7. The minimum Gasteiger partial charge on any atom is -0.494 e. The van der Waals surface area contributed by atoms with Gasteiger partial charge in [-0.25, -0.2) is 4.39 Å². The van der Waals surface area contributed by atoms with Crippen LogP contribution in [0.1, 0.15) is 19.3 Å². The average molecular weight is 314 g/mol. The van der Waals surface area contributed by atoms with Gasteiger partial charge in [0, 0.05) is 24.4 Å². The molecule has 7 heteroatoms. The van der Waals surface area contributed by atoms with Crippen LogP contribution in [0.4, 0.5) is 15.8 Å². The summed E-state index contributed by atoms with van der Waals surface area (Å²) in [6, 6.07) is 2.39. The molecule has 1 fully saturated rings. The van der Waals surface area contributed by atoms with Gasteiger partial charge in [0.15, 0.2) is 11.6 Å². The molecule has 2 rings (SSSR count). The number of hydrogen-bond acceptors (Lipinski definition) is 5. The molecule has 0 saturated carbocycles. The Bertz CT molecular complexity index is 527. The second kappa shape index (κ2) is 6.98. The standard InChI is InChI=1S/C14H19FN2O3S/c1-20-14-8-12(13(17(18)19)7-11(14)15)16-6-4-3-5-10(9-16)21-2/h7-8,10H,3-6,9H2,1-2H3. The lowest BCUT2D eigenvalue weighted by atomic mass is 10.2. The normalized spacial score (nSPS) is 19.2. The number of methoxy groups -OCH3 is 1. The van der Waals surface area contributed by atoms with Crippen LogP contribution >= 0.6 is 11.8 Å². The second-order valence-electron chi connectivity index (χ2n) is 5.03. The molecule has 1 aliphatic rings. The predicted octanol–water partition coefficient (Wildman–Crippen LogP) is 3.46. The van der Waals surface area contributed by atoms with Crippen LogP contribution in [0, 0.1) is 15.9 Å². The Labute approximate surface area is 127 Å². The van der Waals surface area contributed by atoms with Crippen molar-refractivity contribution in [2.24, 2.45) is 0 Å². The van der Waals surface area contributed by atoms with E-state index in [4.69, 9.17) is 4.74 Å². The molecule has 0 radical (unpaired) electrons. The zero-order valence-corrected chi connectivity index (χ0v) is 13.0. The number of benzene rings is 1. The van der Waals surface area contributed by atoms with E-state index in [9.17, 15) is 14.5 Å². The number of rotatable bonds is 4. The zero-order valence-electron chi connectivity index (χ0n) is 12.2. The number of ether oxygens (including phenoxy) is 1. The van der Waals surface area contributed by atoms with Crippen LogP contribution in [0.5, 0.6) is 5.75 Å². The Morgan fingerprint density at radius 2 is 2.24 bits per heavy atom. The molecule has 1 unspecified atom stereocenters. The van der Waals surface area contributed by atoms with Gasteiger partial charge in [0.25, 0.3) is 5.69 Å². The van der Waals surface area contributed by atoms with Crippen molar-refractivity contribution < 1.29 is 14.1 Å². The summed E-state index contributed by atoms with van der Waals surface area (Å²) in [6.45, 7) is 1.48. The molecule has 1 aromatic carbocycles. The highest BCUT2D eigenvalue weighted by molar-refractivity contribution is 7.99. The lowest BCUT2D eigenvalue weighted by molar-refractivity contribution is -0.384. The van der Waals surface area contributed by atoms with Crippen molar-refractivity contribution >= 4 is 23.1 Å². The van der Waals surface area contributed by atoms with Crippen LogP contribution in [0.15, 0.2) is 12.1 Å². The number of anilines is 1. The monoisotopic (exact) mass is 314 g/mol. The van der Waals surface area contributed by atoms with E-state index in [1.54, 1.807) is 11.8 Å². The molecular formula is C14H19FN2O3S. The van der Waals surface area contributed by atoms with E-state index >= 15 is 0 Å². The largest absolute Gasteiger partial charge is 0.494 e. The molecule has 116 valence electrons. The van der Waals surface area contributed by atoms with Crippen LogP contribution in [-0.2, 0) is 0 Å². The summed E-state index contributed by atoms with van der Waals surface area (Å²) in [5.74, 6) is -0.662. The topological polar surface area (TPSA) is 55.6 Å². The van der Waals surface area contributed by atoms with Crippen LogP contribution in [0.25, 0.3) is 0 Å². The molecule has 1 heterocycles. The van der Waals surface area contributed by atoms with E-state index in [0.717, 1.165) is 38.4 Å². The Morgan fingerprint density at radius 1 is 1.48 bits per heavy atom. The highest BCUT2D eigenvalue weighted by atomic mass is 32.2. The van der Waals surface area contributed by atoms with E-state index in [0.29, 0.717) is 10.9 Å². The van der Waals surface area contributed by atoms with Gasteiger partial charge in [-0.3, -0.25) is 10.1 Å². The smallest absolute Gasteiger partial charge is 0.295 e. The van der Waals surface area contributed by atoms with Gasteiger partial charge in [-0.05, 0) is 19.1 Å². The minimum absolute atomic E-state index is 0.0422. The maximum absolute atomic E-state index is 13.7. The van der Waals surface area contributed by atoms with E-state index in [1.807, 2.05) is 11.2 Å². The van der Waals surface area contributed by atoms with Gasteiger partial charge >= 0.3 is 0 Å². The van der Waals surface area contributed by atoms with Crippen molar-refractivity contribution in [1.82, 2.24) is 0 Å². The van der Waals surface area contributed by atoms with E-state index < -0.39 is 10.7 Å². The van der Waals surface area contributed by atoms with Crippen molar-refractivity contribution in [3.8, 4) is 5.75 Å². The lowest BCUT2D eigenvalue weighted by Gasteiger charge is -2.25. The summed E-state index contributed by atoms with van der Waals surface area (Å²) in [5.41, 5.74) is 0.245. The average Bonchev–Trinajstić information content (AvgIpc) is 2.72. The molecule has 0 amide bonds. The number of thioether (sulfide) groups is 1. The third kappa shape index (κ3) is 3.58. The third-order valence-electron chi connectivity index (χ3n) is 3.75. The molecule has 1 atom stereocenters. The Hall–Kier alpha value is -1.50. The first-order valence-corrected chi connectivity index (χ1v) is 8.15. The summed E-state index contributed by atoms with van der Waals surface area (Å²) in [7, 11) is 1.36. The number of hydrogen-bond donors (Lipinski definition) is 0. The third-order valence-corrected chi connectivity index (χ3v) is 4.80. The number of nitro benzene ring substituents is 1. The molecule has 0 aromatic heterocycles. The molecule has 0 N–H and O–H groups in total. The summed E-state index contributed by atoms with van der Waals surface area (Å²) in [6.07, 6.45) is 5.24. The van der Waals surface area contributed by atoms with Crippen molar-refractivity contribution in [2.45, 2.75) is 24.5 Å². The first-order chi connectivity index (χ1) is 10.1. The molecule has 1 saturated heterocycles. The SMILES string of the molecule is COc1cc(N2CCCCC(SC)C2)c([N+](=O)[O-])cc1F. The van der Waals surface area contributed by atoms with Crippen molar-refractivity contribution in [1.29, 1.82) is 0 Å². The molecular weight excluding hydrogens is 295 g/mol. The van der Waals surface area contributed by atoms with Gasteiger partial charge in [0.05, 0.1) is 18.1 Å². The van der Waals surface area contributed by atoms with Gasteiger partial charge in [-0.2, -0.15) is 11.8 Å². The van der Waals surface area contributed by atoms with Gasteiger partial charge in [0.2, 0.25) is 0 Å². The fourth-order valence-corrected chi connectivity index (χ4v) is 3.33. The first kappa shape index (κ1) is 15.9. The highest BCUT2D eigenvalue weighted by Gasteiger charge is 2.26. The molecule has 1 aromatic rings. The zero-order chi connectivity index (χ0) is 15.4. The number of nitro groups is 1. The number of halogens is 1. The summed E-state index contributed by atoms with van der Waals surface area (Å²) in [4.78, 5) is 12.7. The van der Waals surface area contributed by atoms with Crippen molar-refractivity contribution in [3.63, 3.8) is 0 Å². The summed E-state index contributed by atoms with van der Waals surface area (Å²) >= 11 is 1.77. The predicted molar refractivity (Wildman–Crippen MR) is 83.0 cm³/mol. The number of nitrogens with zero attached hydrogens (tertiary/aromatic N) is 2. The maximum atomic E-state index is 13.7. The lowest BCUT2D eigenvalue weighted by Crippen LogP contribution is -2.30. The second-order valence-corrected chi connectivity index (χ2v) is 6.17. The van der Waals surface area contributed by atoms with Crippen LogP contribution in [0.2, 0.25) is 0 Å². The fraction of sp³-hybridized carbons (Fsp3) is 0.571. The van der Waals surface area contributed by atoms with Crippen LogP contribution in [-0.4, -0.2) is 36.6 Å². The van der Waals surface area contributed by atoms with Gasteiger partial charge in [0.1, 0.15) is 5.69 Å². The van der Waals surface area contributed by atoms with Gasteiger partial charge in [-0.1, -0.05) is 6.42 Å². The highest BCUT2D eigenvalue weighted by Crippen LogP contribution is 2.36. The van der Waals surface area contributed by atoms with Crippen molar-refractivity contribution in [2.75, 3.05) is 31.4 Å². The Kier molecular flexibility index (Phi) is 5.27. The van der Waals surface area contributed by atoms with E-state index in [1.165, 1.54) is 13.2 Å². The minimum atomic E-state index is -0.704. The van der Waals surface area contributed by atoms with E-state index in [2.05, 4.69) is 0 Å². The summed E-state index contributed by atoms with van der Waals surface area (Å²) in [5, 5.41) is 11.7. The Morgan fingerprint density at radius 3 is 2.86 bits per heavy atom. The molecule has 0 aliphatic carbocycles. The van der Waals surface area contributed by atoms with Crippen LogP contribution in [0.3, 0.4) is 0 Å². The Balaban J connectivity index is 2.42. The maximum Gasteiger partial charge on any atom is 0.295 e. The molecule has 0 spiro atoms. The molecule has 5 nitrogen and oxygen atoms in total. The van der Waals surface area contributed by atoms with Gasteiger partial charge < -0.3 is 9.64 Å². The first-order valence-electron chi connectivity index (χ1n) is 6.86. The quantitative estimate of drug-likeness (QED) is 0.629. The van der Waals surface area contributed by atoms with Gasteiger partial charge in [-0.15, -0.1) is 0 Å². The fourth-order valence-electron chi connectivity index (χ4n) is 2.60. The van der Waals surface area contributed by atoms with E-state index in [-0.39, 0.29) is 11.4 Å². The molecule has 1 aliphatic heterocycles. The molecule has 21 heavy (non-hydrogen) atoms. The molecule has 0 bridgehead atoms.